The molecule has 3 fully saturated rings. The highest BCUT2D eigenvalue weighted by Crippen LogP contribution is 2.46. The lowest BCUT2D eigenvalue weighted by Gasteiger charge is -2.47. The molecule has 2 aromatic carbocycles. The molecule has 2 aromatic rings. The zero-order valence-corrected chi connectivity index (χ0v) is 28.5. The van der Waals surface area contributed by atoms with Gasteiger partial charge in [-0.2, -0.15) is 4.31 Å². The fourth-order valence-electron chi connectivity index (χ4n) is 8.01. The van der Waals surface area contributed by atoms with E-state index in [2.05, 4.69) is 40.5 Å². The molecule has 2 heterocycles. The minimum Gasteiger partial charge on any atom is -0.497 e. The van der Waals surface area contributed by atoms with Crippen molar-refractivity contribution in [1.82, 2.24) is 14.5 Å². The van der Waals surface area contributed by atoms with Crippen molar-refractivity contribution in [3.8, 4) is 5.75 Å². The Bertz CT molecular complexity index is 1360. The summed E-state index contributed by atoms with van der Waals surface area (Å²) in [6.45, 7) is 9.06. The van der Waals surface area contributed by atoms with Crippen LogP contribution in [0.15, 0.2) is 47.4 Å². The predicted molar refractivity (Wildman–Crippen MR) is 178 cm³/mol. The number of methoxy groups -OCH3 is 1. The number of hydrogen-bond donors (Lipinski definition) is 1. The van der Waals surface area contributed by atoms with E-state index < -0.39 is 16.1 Å². The first-order valence-electron chi connectivity index (χ1n) is 17.0. The maximum absolute atomic E-state index is 13.9. The summed E-state index contributed by atoms with van der Waals surface area (Å²) in [7, 11) is -2.15. The number of hydrogen-bond acceptors (Lipinski definition) is 6. The Morgan fingerprint density at radius 2 is 1.62 bits per heavy atom. The van der Waals surface area contributed by atoms with Gasteiger partial charge in [0.25, 0.3) is 0 Å². The summed E-state index contributed by atoms with van der Waals surface area (Å²) in [6, 6.07) is 14.3. The number of amides is 1. The van der Waals surface area contributed by atoms with Crippen molar-refractivity contribution in [3.05, 3.63) is 59.2 Å². The van der Waals surface area contributed by atoms with E-state index in [9.17, 15) is 13.2 Å². The second kappa shape index (κ2) is 15.0. The predicted octanol–water partition coefficient (Wildman–Crippen LogP) is 5.95. The topological polar surface area (TPSA) is 88.2 Å². The first kappa shape index (κ1) is 33.9. The van der Waals surface area contributed by atoms with Crippen molar-refractivity contribution in [3.63, 3.8) is 0 Å². The van der Waals surface area contributed by atoms with Crippen molar-refractivity contribution in [2.45, 2.75) is 108 Å². The van der Waals surface area contributed by atoms with E-state index >= 15 is 0 Å². The maximum Gasteiger partial charge on any atom is 0.248 e. The van der Waals surface area contributed by atoms with Crippen molar-refractivity contribution in [2.24, 2.45) is 5.92 Å². The number of likely N-dealkylation sites (tertiary alicyclic amines) is 1. The molecule has 2 atom stereocenters. The van der Waals surface area contributed by atoms with E-state index in [1.807, 2.05) is 13.8 Å². The molecule has 1 amide bonds. The molecule has 5 rings (SSSR count). The highest BCUT2D eigenvalue weighted by molar-refractivity contribution is 7.89. The molecule has 248 valence electrons. The van der Waals surface area contributed by atoms with Crippen LogP contribution in [0, 0.1) is 19.8 Å². The van der Waals surface area contributed by atoms with Gasteiger partial charge in [-0.25, -0.2) is 8.42 Å². The number of carbonyl (C=O) groups is 1. The molecular weight excluding hydrogens is 586 g/mol. The van der Waals surface area contributed by atoms with Gasteiger partial charge in [-0.15, -0.1) is 0 Å². The van der Waals surface area contributed by atoms with Crippen LogP contribution < -0.4 is 10.1 Å². The first-order valence-corrected chi connectivity index (χ1v) is 18.5. The molecule has 2 unspecified atom stereocenters. The van der Waals surface area contributed by atoms with Gasteiger partial charge >= 0.3 is 0 Å². The van der Waals surface area contributed by atoms with Gasteiger partial charge in [0.2, 0.25) is 15.9 Å². The summed E-state index contributed by atoms with van der Waals surface area (Å²) < 4.78 is 40.7. The molecule has 1 saturated carbocycles. The second-order valence-corrected chi connectivity index (χ2v) is 15.3. The Morgan fingerprint density at radius 3 is 2.27 bits per heavy atom. The Labute approximate surface area is 270 Å². The van der Waals surface area contributed by atoms with Gasteiger partial charge in [0, 0.05) is 24.7 Å². The van der Waals surface area contributed by atoms with E-state index in [1.54, 1.807) is 30.5 Å². The van der Waals surface area contributed by atoms with Crippen molar-refractivity contribution in [1.29, 1.82) is 0 Å². The van der Waals surface area contributed by atoms with Gasteiger partial charge < -0.3 is 14.8 Å². The van der Waals surface area contributed by atoms with Gasteiger partial charge in [-0.3, -0.25) is 9.69 Å². The van der Waals surface area contributed by atoms with Crippen molar-refractivity contribution >= 4 is 15.9 Å². The first-order chi connectivity index (χ1) is 21.7. The highest BCUT2D eigenvalue weighted by Gasteiger charge is 2.42. The van der Waals surface area contributed by atoms with Gasteiger partial charge in [0.15, 0.2) is 0 Å². The van der Waals surface area contributed by atoms with Crippen LogP contribution in [-0.2, 0) is 25.1 Å². The lowest BCUT2D eigenvalue weighted by molar-refractivity contribution is -0.132. The molecule has 0 radical (unpaired) electrons. The smallest absolute Gasteiger partial charge is 0.248 e. The summed E-state index contributed by atoms with van der Waals surface area (Å²) in [5, 5.41) is 3.10. The summed E-state index contributed by atoms with van der Waals surface area (Å²) in [6.07, 6.45) is 10.1. The number of piperidine rings is 1. The number of rotatable bonds is 12. The lowest BCUT2D eigenvalue weighted by atomic mass is 9.71. The molecule has 9 heteroatoms. The molecule has 0 spiro atoms. The third kappa shape index (κ3) is 7.58. The number of carbonyl (C=O) groups excluding carboxylic acids is 1. The number of nitrogens with one attached hydrogen (secondary N) is 1. The molecule has 1 aliphatic carbocycles. The summed E-state index contributed by atoms with van der Waals surface area (Å²) in [4.78, 5) is 16.1. The second-order valence-electron chi connectivity index (χ2n) is 13.4. The standard InChI is InChI=1S/C36H53N3O5S/c1-27-24-33(43-4)25-28(2)34(27)45(41,42)39-23-9-8-14-32(39)26-44-29(3)35(40)37-20-17-30-15-18-36(19-16-30,38-21-10-11-22-38)31-12-6-5-7-13-31/h5-7,12-13,24-25,29-30,32H,8-11,14-23,26H2,1-4H3,(H,37,40). The number of sulfonamides is 1. The molecular formula is C36H53N3O5S. The normalized spacial score (nSPS) is 25.6. The molecule has 0 aromatic heterocycles. The fraction of sp³-hybridized carbons (Fsp3) is 0.639. The molecule has 0 bridgehead atoms. The maximum atomic E-state index is 13.9. The number of benzene rings is 2. The zero-order valence-electron chi connectivity index (χ0n) is 27.7. The third-order valence-electron chi connectivity index (χ3n) is 10.5. The minimum absolute atomic E-state index is 0.131. The van der Waals surface area contributed by atoms with E-state index in [-0.39, 0.29) is 24.1 Å². The zero-order chi connectivity index (χ0) is 32.0. The fourth-order valence-corrected chi connectivity index (χ4v) is 10.1. The van der Waals surface area contributed by atoms with Crippen LogP contribution in [0.5, 0.6) is 5.75 Å². The van der Waals surface area contributed by atoms with E-state index in [0.29, 0.717) is 47.2 Å². The van der Waals surface area contributed by atoms with Crippen LogP contribution in [0.25, 0.3) is 0 Å². The number of aryl methyl sites for hydroxylation is 2. The highest BCUT2D eigenvalue weighted by atomic mass is 32.2. The van der Waals surface area contributed by atoms with Crippen LogP contribution in [-0.4, -0.2) is 75.6 Å². The minimum atomic E-state index is -3.73. The Balaban J connectivity index is 1.11. The molecule has 3 aliphatic rings. The van der Waals surface area contributed by atoms with Crippen LogP contribution in [0.4, 0.5) is 0 Å². The van der Waals surface area contributed by atoms with E-state index in [4.69, 9.17) is 9.47 Å². The van der Waals surface area contributed by atoms with Gasteiger partial charge in [0.05, 0.1) is 18.6 Å². The molecule has 8 nitrogen and oxygen atoms in total. The largest absolute Gasteiger partial charge is 0.497 e. The van der Waals surface area contributed by atoms with E-state index in [1.165, 1.54) is 57.2 Å². The monoisotopic (exact) mass is 639 g/mol. The quantitative estimate of drug-likeness (QED) is 0.309. The Hall–Kier alpha value is -2.46. The number of ether oxygens (including phenoxy) is 2. The molecule has 2 aliphatic heterocycles. The number of nitrogens with zero attached hydrogens (tertiary/aromatic N) is 2. The van der Waals surface area contributed by atoms with Gasteiger partial charge in [-0.1, -0.05) is 36.8 Å². The Kier molecular flexibility index (Phi) is 11.3. The van der Waals surface area contributed by atoms with Crippen LogP contribution in [0.2, 0.25) is 0 Å². The van der Waals surface area contributed by atoms with Crippen LogP contribution in [0.1, 0.15) is 87.8 Å². The molecule has 1 N–H and O–H groups in total. The van der Waals surface area contributed by atoms with Gasteiger partial charge in [0.1, 0.15) is 11.9 Å². The van der Waals surface area contributed by atoms with Crippen molar-refractivity contribution < 1.29 is 22.7 Å². The third-order valence-corrected chi connectivity index (χ3v) is 12.8. The average molecular weight is 640 g/mol. The van der Waals surface area contributed by atoms with Crippen molar-refractivity contribution in [2.75, 3.05) is 39.9 Å². The van der Waals surface area contributed by atoms with Gasteiger partial charge in [-0.05, 0) is 126 Å². The molecule has 2 saturated heterocycles. The van der Waals surface area contributed by atoms with E-state index in [0.717, 1.165) is 19.3 Å². The Morgan fingerprint density at radius 1 is 0.978 bits per heavy atom. The average Bonchev–Trinajstić information content (AvgIpc) is 3.60. The summed E-state index contributed by atoms with van der Waals surface area (Å²) in [5.41, 5.74) is 2.96. The SMILES string of the molecule is COc1cc(C)c(S(=O)(=O)N2CCCCC2COC(C)C(=O)NCCC2CCC(c3ccccc3)(N3CCCC3)CC2)c(C)c1. The van der Waals surface area contributed by atoms with Crippen LogP contribution in [0.3, 0.4) is 0 Å². The summed E-state index contributed by atoms with van der Waals surface area (Å²) in [5.74, 6) is 1.12. The molecule has 45 heavy (non-hydrogen) atoms. The lowest BCUT2D eigenvalue weighted by Crippen LogP contribution is -2.48. The summed E-state index contributed by atoms with van der Waals surface area (Å²) >= 11 is 0. The van der Waals surface area contributed by atoms with Crippen LogP contribution >= 0.6 is 0 Å².